The average Bonchev–Trinajstić information content (AvgIpc) is 2.92. The SMILES string of the molecule is NC(=O)C1CCN(C(=O)c2sccc2C2CC2)C1. The molecule has 2 amide bonds. The molecule has 0 bridgehead atoms. The Kier molecular flexibility index (Phi) is 2.86. The van der Waals surface area contributed by atoms with Crippen LogP contribution in [0.4, 0.5) is 0 Å². The smallest absolute Gasteiger partial charge is 0.264 e. The maximum atomic E-state index is 12.4. The van der Waals surface area contributed by atoms with Crippen LogP contribution >= 0.6 is 11.3 Å². The zero-order chi connectivity index (χ0) is 12.7. The maximum absolute atomic E-state index is 12.4. The van der Waals surface area contributed by atoms with Crippen molar-refractivity contribution in [3.63, 3.8) is 0 Å². The van der Waals surface area contributed by atoms with Crippen molar-refractivity contribution in [3.8, 4) is 0 Å². The summed E-state index contributed by atoms with van der Waals surface area (Å²) in [4.78, 5) is 26.2. The lowest BCUT2D eigenvalue weighted by Crippen LogP contribution is -2.31. The summed E-state index contributed by atoms with van der Waals surface area (Å²) >= 11 is 1.52. The van der Waals surface area contributed by atoms with E-state index >= 15 is 0 Å². The highest BCUT2D eigenvalue weighted by Gasteiger charge is 2.34. The number of primary amides is 1. The molecule has 2 N–H and O–H groups in total. The van der Waals surface area contributed by atoms with Crippen LogP contribution in [0.2, 0.25) is 0 Å². The molecule has 0 radical (unpaired) electrons. The molecule has 1 saturated carbocycles. The number of hydrogen-bond acceptors (Lipinski definition) is 3. The van der Waals surface area contributed by atoms with Crippen LogP contribution in [0.25, 0.3) is 0 Å². The molecule has 2 heterocycles. The molecular weight excluding hydrogens is 248 g/mol. The van der Waals surface area contributed by atoms with Crippen molar-refractivity contribution in [2.24, 2.45) is 11.7 Å². The van der Waals surface area contributed by atoms with Crippen molar-refractivity contribution in [2.75, 3.05) is 13.1 Å². The van der Waals surface area contributed by atoms with E-state index in [4.69, 9.17) is 5.73 Å². The third-order valence-electron chi connectivity index (χ3n) is 3.78. The van der Waals surface area contributed by atoms with Gasteiger partial charge in [0.15, 0.2) is 0 Å². The van der Waals surface area contributed by atoms with Gasteiger partial charge >= 0.3 is 0 Å². The Morgan fingerprint density at radius 3 is 2.72 bits per heavy atom. The summed E-state index contributed by atoms with van der Waals surface area (Å²) in [6.07, 6.45) is 3.09. The molecule has 5 heteroatoms. The van der Waals surface area contributed by atoms with E-state index in [1.54, 1.807) is 4.90 Å². The van der Waals surface area contributed by atoms with E-state index < -0.39 is 0 Å². The first-order chi connectivity index (χ1) is 8.66. The summed E-state index contributed by atoms with van der Waals surface area (Å²) in [7, 11) is 0. The Hall–Kier alpha value is -1.36. The average molecular weight is 264 g/mol. The van der Waals surface area contributed by atoms with Gasteiger partial charge < -0.3 is 10.6 Å². The molecule has 1 aliphatic carbocycles. The van der Waals surface area contributed by atoms with Gasteiger partial charge in [0.1, 0.15) is 0 Å². The number of amides is 2. The zero-order valence-corrected chi connectivity index (χ0v) is 10.9. The summed E-state index contributed by atoms with van der Waals surface area (Å²) in [5, 5.41) is 1.99. The van der Waals surface area contributed by atoms with Gasteiger partial charge in [-0.25, -0.2) is 0 Å². The predicted molar refractivity (Wildman–Crippen MR) is 69.5 cm³/mol. The van der Waals surface area contributed by atoms with Crippen LogP contribution < -0.4 is 5.73 Å². The lowest BCUT2D eigenvalue weighted by atomic mass is 10.1. The number of carbonyl (C=O) groups excluding carboxylic acids is 2. The molecule has 1 saturated heterocycles. The molecule has 1 unspecified atom stereocenters. The van der Waals surface area contributed by atoms with Crippen LogP contribution in [0.1, 0.15) is 40.4 Å². The Labute approximate surface area is 110 Å². The minimum absolute atomic E-state index is 0.0793. The lowest BCUT2D eigenvalue weighted by Gasteiger charge is -2.15. The van der Waals surface area contributed by atoms with Gasteiger partial charge in [-0.15, -0.1) is 11.3 Å². The monoisotopic (exact) mass is 264 g/mol. The number of nitrogens with two attached hydrogens (primary N) is 1. The van der Waals surface area contributed by atoms with Crippen molar-refractivity contribution in [1.82, 2.24) is 4.90 Å². The topological polar surface area (TPSA) is 63.4 Å². The molecular formula is C13H16N2O2S. The fraction of sp³-hybridized carbons (Fsp3) is 0.538. The van der Waals surface area contributed by atoms with Crippen molar-refractivity contribution >= 4 is 23.2 Å². The molecule has 2 fully saturated rings. The second-order valence-corrected chi connectivity index (χ2v) is 6.03. The summed E-state index contributed by atoms with van der Waals surface area (Å²) < 4.78 is 0. The third-order valence-corrected chi connectivity index (χ3v) is 4.70. The predicted octanol–water partition coefficient (Wildman–Crippen LogP) is 1.57. The first-order valence-electron chi connectivity index (χ1n) is 6.33. The number of rotatable bonds is 3. The minimum Gasteiger partial charge on any atom is -0.369 e. The molecule has 0 aromatic carbocycles. The van der Waals surface area contributed by atoms with Crippen LogP contribution in [0, 0.1) is 5.92 Å². The highest BCUT2D eigenvalue weighted by atomic mass is 32.1. The number of nitrogens with zero attached hydrogens (tertiary/aromatic N) is 1. The van der Waals surface area contributed by atoms with E-state index in [9.17, 15) is 9.59 Å². The van der Waals surface area contributed by atoms with Gasteiger partial charge in [-0.3, -0.25) is 9.59 Å². The van der Waals surface area contributed by atoms with Crippen LogP contribution in [-0.4, -0.2) is 29.8 Å². The normalized spacial score (nSPS) is 23.3. The van der Waals surface area contributed by atoms with E-state index in [0.717, 1.165) is 4.88 Å². The van der Waals surface area contributed by atoms with Gasteiger partial charge in [0.05, 0.1) is 10.8 Å². The van der Waals surface area contributed by atoms with Crippen LogP contribution in [0.3, 0.4) is 0 Å². The number of carbonyl (C=O) groups is 2. The Bertz CT molecular complexity index is 493. The fourth-order valence-electron chi connectivity index (χ4n) is 2.53. The standard InChI is InChI=1S/C13H16N2O2S/c14-12(16)9-3-5-15(7-9)13(17)11-10(4-6-18-11)8-1-2-8/h4,6,8-9H,1-3,5,7H2,(H2,14,16). The van der Waals surface area contributed by atoms with E-state index in [1.807, 2.05) is 5.38 Å². The highest BCUT2D eigenvalue weighted by molar-refractivity contribution is 7.12. The van der Waals surface area contributed by atoms with Crippen molar-refractivity contribution in [3.05, 3.63) is 21.9 Å². The molecule has 18 heavy (non-hydrogen) atoms. The summed E-state index contributed by atoms with van der Waals surface area (Å²) in [6.45, 7) is 1.13. The zero-order valence-electron chi connectivity index (χ0n) is 10.1. The van der Waals surface area contributed by atoms with Gasteiger partial charge in [0.25, 0.3) is 5.91 Å². The molecule has 96 valence electrons. The molecule has 1 atom stereocenters. The second-order valence-electron chi connectivity index (χ2n) is 5.12. The van der Waals surface area contributed by atoms with Gasteiger partial charge in [-0.05, 0) is 42.2 Å². The van der Waals surface area contributed by atoms with E-state index in [-0.39, 0.29) is 17.7 Å². The molecule has 1 aromatic rings. The Morgan fingerprint density at radius 2 is 2.11 bits per heavy atom. The Morgan fingerprint density at radius 1 is 1.33 bits per heavy atom. The van der Waals surface area contributed by atoms with Crippen LogP contribution in [0.15, 0.2) is 11.4 Å². The molecule has 1 aromatic heterocycles. The van der Waals surface area contributed by atoms with Crippen molar-refractivity contribution in [2.45, 2.75) is 25.2 Å². The summed E-state index contributed by atoms with van der Waals surface area (Å²) in [5.74, 6) is 0.206. The molecule has 4 nitrogen and oxygen atoms in total. The first kappa shape index (κ1) is 11.7. The van der Waals surface area contributed by atoms with E-state index in [0.29, 0.717) is 25.4 Å². The van der Waals surface area contributed by atoms with Gasteiger partial charge in [0.2, 0.25) is 5.91 Å². The second kappa shape index (κ2) is 4.39. The van der Waals surface area contributed by atoms with E-state index in [2.05, 4.69) is 6.07 Å². The number of hydrogen-bond donors (Lipinski definition) is 1. The quantitative estimate of drug-likeness (QED) is 0.900. The maximum Gasteiger partial charge on any atom is 0.264 e. The molecule has 3 rings (SSSR count). The van der Waals surface area contributed by atoms with Gasteiger partial charge in [0, 0.05) is 13.1 Å². The van der Waals surface area contributed by atoms with Crippen LogP contribution in [-0.2, 0) is 4.79 Å². The molecule has 1 aliphatic heterocycles. The third kappa shape index (κ3) is 2.03. The van der Waals surface area contributed by atoms with Crippen molar-refractivity contribution in [1.29, 1.82) is 0 Å². The van der Waals surface area contributed by atoms with Gasteiger partial charge in [-0.1, -0.05) is 0 Å². The lowest BCUT2D eigenvalue weighted by molar-refractivity contribution is -0.121. The first-order valence-corrected chi connectivity index (χ1v) is 7.20. The van der Waals surface area contributed by atoms with Crippen molar-refractivity contribution < 1.29 is 9.59 Å². The molecule has 0 spiro atoms. The summed E-state index contributed by atoms with van der Waals surface area (Å²) in [5.41, 5.74) is 6.49. The summed E-state index contributed by atoms with van der Waals surface area (Å²) in [6, 6.07) is 2.07. The van der Waals surface area contributed by atoms with Crippen LogP contribution in [0.5, 0.6) is 0 Å². The number of thiophene rings is 1. The number of likely N-dealkylation sites (tertiary alicyclic amines) is 1. The molecule has 2 aliphatic rings. The van der Waals surface area contributed by atoms with E-state index in [1.165, 1.54) is 29.7 Å². The largest absolute Gasteiger partial charge is 0.369 e. The highest BCUT2D eigenvalue weighted by Crippen LogP contribution is 2.43. The minimum atomic E-state index is -0.293. The van der Waals surface area contributed by atoms with Gasteiger partial charge in [-0.2, -0.15) is 0 Å². The fourth-order valence-corrected chi connectivity index (χ4v) is 3.48. The Balaban J connectivity index is 1.75.